The van der Waals surface area contributed by atoms with Crippen LogP contribution >= 0.6 is 0 Å². The van der Waals surface area contributed by atoms with Crippen molar-refractivity contribution >= 4 is 11.9 Å². The first-order valence-corrected chi connectivity index (χ1v) is 6.93. The van der Waals surface area contributed by atoms with Crippen molar-refractivity contribution < 1.29 is 5.11 Å². The molecule has 0 aliphatic rings. The number of hydrogen-bond acceptors (Lipinski definition) is 4. The molecule has 4 nitrogen and oxygen atoms in total. The van der Waals surface area contributed by atoms with Crippen molar-refractivity contribution in [1.29, 1.82) is 0 Å². The number of rotatable bonds is 3. The lowest BCUT2D eigenvalue weighted by Crippen LogP contribution is -1.90. The molecule has 0 aliphatic heterocycles. The molecule has 22 heavy (non-hydrogen) atoms. The van der Waals surface area contributed by atoms with Crippen molar-refractivity contribution in [1.82, 2.24) is 9.97 Å². The average Bonchev–Trinajstić information content (AvgIpc) is 2.54. The second kappa shape index (κ2) is 6.18. The normalized spacial score (nSPS) is 11.0. The van der Waals surface area contributed by atoms with Crippen molar-refractivity contribution in [3.05, 3.63) is 72.1 Å². The summed E-state index contributed by atoms with van der Waals surface area (Å²) in [5.74, 6) is 0.161. The highest BCUT2D eigenvalue weighted by Crippen LogP contribution is 2.24. The predicted octanol–water partition coefficient (Wildman–Crippen LogP) is 3.91. The van der Waals surface area contributed by atoms with Crippen molar-refractivity contribution in [2.24, 2.45) is 4.99 Å². The molecule has 0 aliphatic carbocycles. The van der Waals surface area contributed by atoms with E-state index in [1.54, 1.807) is 36.8 Å². The Bertz CT molecular complexity index is 828. The fourth-order valence-electron chi connectivity index (χ4n) is 2.06. The number of aliphatic imine (C=N–C) groups is 1. The molecule has 0 amide bonds. The molecule has 0 unspecified atom stereocenters. The van der Waals surface area contributed by atoms with Crippen molar-refractivity contribution in [3.63, 3.8) is 0 Å². The van der Waals surface area contributed by atoms with E-state index in [2.05, 4.69) is 15.0 Å². The van der Waals surface area contributed by atoms with Crippen LogP contribution in [0.1, 0.15) is 11.1 Å². The maximum absolute atomic E-state index is 9.72. The van der Waals surface area contributed by atoms with Gasteiger partial charge in [0.15, 0.2) is 0 Å². The molecule has 0 atom stereocenters. The molecule has 1 N–H and O–H groups in total. The number of aromatic hydroxyl groups is 1. The Labute approximate surface area is 128 Å². The molecule has 0 saturated heterocycles. The third kappa shape index (κ3) is 3.17. The Balaban J connectivity index is 1.90. The second-order valence-corrected chi connectivity index (χ2v) is 4.94. The zero-order valence-electron chi connectivity index (χ0n) is 12.1. The molecule has 0 fully saturated rings. The molecule has 2 aromatic heterocycles. The van der Waals surface area contributed by atoms with Gasteiger partial charge in [-0.15, -0.1) is 0 Å². The van der Waals surface area contributed by atoms with Crippen LogP contribution in [0, 0.1) is 6.92 Å². The van der Waals surface area contributed by atoms with Crippen LogP contribution in [0.25, 0.3) is 11.4 Å². The quantitative estimate of drug-likeness (QED) is 0.744. The van der Waals surface area contributed by atoms with Gasteiger partial charge in [-0.1, -0.05) is 12.1 Å². The minimum Gasteiger partial charge on any atom is -0.506 e. The average molecular weight is 289 g/mol. The topological polar surface area (TPSA) is 58.4 Å². The molecule has 3 rings (SSSR count). The summed E-state index contributed by atoms with van der Waals surface area (Å²) in [7, 11) is 0. The second-order valence-electron chi connectivity index (χ2n) is 4.94. The molecular formula is C18H15N3O. The fraction of sp³-hybridized carbons (Fsp3) is 0.0556. The lowest BCUT2D eigenvalue weighted by molar-refractivity contribution is 0.477. The SMILES string of the molecule is Cc1ccnc(-c2cc(C=Nc3ccccc3O)ccn2)c1. The first-order valence-electron chi connectivity index (χ1n) is 6.93. The maximum Gasteiger partial charge on any atom is 0.141 e. The van der Waals surface area contributed by atoms with Gasteiger partial charge in [-0.2, -0.15) is 0 Å². The van der Waals surface area contributed by atoms with Gasteiger partial charge in [-0.25, -0.2) is 0 Å². The monoisotopic (exact) mass is 289 g/mol. The minimum absolute atomic E-state index is 0.161. The van der Waals surface area contributed by atoms with Gasteiger partial charge in [0.1, 0.15) is 11.4 Å². The van der Waals surface area contributed by atoms with Gasteiger partial charge in [-0.05, 0) is 54.4 Å². The highest BCUT2D eigenvalue weighted by atomic mass is 16.3. The Hall–Kier alpha value is -3.01. The molecule has 3 aromatic rings. The summed E-state index contributed by atoms with van der Waals surface area (Å²) in [5.41, 5.74) is 4.20. The number of benzene rings is 1. The van der Waals surface area contributed by atoms with Crippen molar-refractivity contribution in [2.75, 3.05) is 0 Å². The molecule has 0 bridgehead atoms. The number of nitrogens with zero attached hydrogens (tertiary/aromatic N) is 3. The largest absolute Gasteiger partial charge is 0.506 e. The summed E-state index contributed by atoms with van der Waals surface area (Å²) in [6, 6.07) is 14.7. The number of phenols is 1. The molecule has 0 spiro atoms. The summed E-state index contributed by atoms with van der Waals surface area (Å²) in [5, 5.41) is 9.72. The van der Waals surface area contributed by atoms with E-state index in [-0.39, 0.29) is 5.75 Å². The van der Waals surface area contributed by atoms with E-state index >= 15 is 0 Å². The van der Waals surface area contributed by atoms with Crippen molar-refractivity contribution in [2.45, 2.75) is 6.92 Å². The van der Waals surface area contributed by atoms with E-state index in [9.17, 15) is 5.11 Å². The first-order chi connectivity index (χ1) is 10.7. The van der Waals surface area contributed by atoms with Crippen LogP contribution in [0.15, 0.2) is 65.9 Å². The zero-order chi connectivity index (χ0) is 15.4. The summed E-state index contributed by atoms with van der Waals surface area (Å²) in [6.07, 6.45) is 5.21. The number of para-hydroxylation sites is 2. The molecular weight excluding hydrogens is 274 g/mol. The summed E-state index contributed by atoms with van der Waals surface area (Å²) in [4.78, 5) is 13.0. The molecule has 0 radical (unpaired) electrons. The highest BCUT2D eigenvalue weighted by Gasteiger charge is 2.02. The first kappa shape index (κ1) is 13.9. The number of aryl methyl sites for hydroxylation is 1. The van der Waals surface area contributed by atoms with E-state index in [1.807, 2.05) is 37.3 Å². The van der Waals surface area contributed by atoms with Gasteiger partial charge < -0.3 is 5.11 Å². The predicted molar refractivity (Wildman–Crippen MR) is 87.6 cm³/mol. The lowest BCUT2D eigenvalue weighted by Gasteiger charge is -2.02. The standard InChI is InChI=1S/C18H15N3O/c1-13-6-8-19-16(10-13)17-11-14(7-9-20-17)12-21-15-4-2-3-5-18(15)22/h2-12,22H,1H3. The van der Waals surface area contributed by atoms with E-state index in [0.717, 1.165) is 22.5 Å². The van der Waals surface area contributed by atoms with E-state index in [0.29, 0.717) is 5.69 Å². The minimum atomic E-state index is 0.161. The van der Waals surface area contributed by atoms with Gasteiger partial charge >= 0.3 is 0 Å². The molecule has 1 aromatic carbocycles. The number of aromatic nitrogens is 2. The third-order valence-corrected chi connectivity index (χ3v) is 3.20. The molecule has 2 heterocycles. The van der Waals surface area contributed by atoms with Crippen LogP contribution in [-0.2, 0) is 0 Å². The van der Waals surface area contributed by atoms with Gasteiger partial charge in [0.25, 0.3) is 0 Å². The Kier molecular flexibility index (Phi) is 3.92. The number of pyridine rings is 2. The third-order valence-electron chi connectivity index (χ3n) is 3.20. The van der Waals surface area contributed by atoms with E-state index in [4.69, 9.17) is 0 Å². The van der Waals surface area contributed by atoms with Gasteiger partial charge in [0.05, 0.1) is 11.4 Å². The van der Waals surface area contributed by atoms with Crippen LogP contribution in [0.2, 0.25) is 0 Å². The van der Waals surface area contributed by atoms with Crippen LogP contribution < -0.4 is 0 Å². The fourth-order valence-corrected chi connectivity index (χ4v) is 2.06. The Morgan fingerprint density at radius 3 is 2.45 bits per heavy atom. The molecule has 0 saturated carbocycles. The summed E-state index contributed by atoms with van der Waals surface area (Å²) < 4.78 is 0. The maximum atomic E-state index is 9.72. The number of phenolic OH excluding ortho intramolecular Hbond substituents is 1. The zero-order valence-corrected chi connectivity index (χ0v) is 12.1. The van der Waals surface area contributed by atoms with E-state index in [1.165, 1.54) is 0 Å². The van der Waals surface area contributed by atoms with Crippen molar-refractivity contribution in [3.8, 4) is 17.1 Å². The summed E-state index contributed by atoms with van der Waals surface area (Å²) >= 11 is 0. The smallest absolute Gasteiger partial charge is 0.141 e. The van der Waals surface area contributed by atoms with Gasteiger partial charge in [0, 0.05) is 18.6 Å². The lowest BCUT2D eigenvalue weighted by atomic mass is 10.1. The van der Waals surface area contributed by atoms with Crippen LogP contribution in [0.4, 0.5) is 5.69 Å². The molecule has 4 heteroatoms. The van der Waals surface area contributed by atoms with Gasteiger partial charge in [-0.3, -0.25) is 15.0 Å². The Morgan fingerprint density at radius 1 is 0.955 bits per heavy atom. The van der Waals surface area contributed by atoms with Crippen LogP contribution in [0.5, 0.6) is 5.75 Å². The van der Waals surface area contributed by atoms with Crippen LogP contribution in [0.3, 0.4) is 0 Å². The Morgan fingerprint density at radius 2 is 1.68 bits per heavy atom. The highest BCUT2D eigenvalue weighted by molar-refractivity contribution is 5.84. The summed E-state index contributed by atoms with van der Waals surface area (Å²) in [6.45, 7) is 2.02. The van der Waals surface area contributed by atoms with Crippen LogP contribution in [-0.4, -0.2) is 21.3 Å². The number of hydrogen-bond donors (Lipinski definition) is 1. The van der Waals surface area contributed by atoms with Gasteiger partial charge in [0.2, 0.25) is 0 Å². The molecule has 108 valence electrons. The van der Waals surface area contributed by atoms with E-state index < -0.39 is 0 Å².